The Morgan fingerprint density at radius 2 is 2.14 bits per heavy atom. The number of methoxy groups -OCH3 is 1. The number of nitrogens with zero attached hydrogens (tertiary/aromatic N) is 1. The molecule has 1 rings (SSSR count). The van der Waals surface area contributed by atoms with Crippen molar-refractivity contribution >= 4 is 11.9 Å². The highest BCUT2D eigenvalue weighted by Crippen LogP contribution is 2.11. The largest absolute Gasteiger partial charge is 0.478 e. The topological polar surface area (TPSA) is 68.5 Å². The summed E-state index contributed by atoms with van der Waals surface area (Å²) < 4.78 is 6.06. The van der Waals surface area contributed by atoms with E-state index in [0.29, 0.717) is 5.56 Å². The number of aromatic nitrogens is 1. The second-order valence-electron chi connectivity index (χ2n) is 2.92. The summed E-state index contributed by atoms with van der Waals surface area (Å²) in [6.07, 6.45) is 3.04. The number of esters is 1. The van der Waals surface area contributed by atoms with Crippen LogP contribution >= 0.6 is 0 Å². The summed E-state index contributed by atoms with van der Waals surface area (Å²) in [5.74, 6) is -1.48. The normalized spacial score (nSPS) is 9.86. The second-order valence-corrected chi connectivity index (χ2v) is 2.92. The average Bonchev–Trinajstić information content (AvgIpc) is 2.46. The van der Waals surface area contributed by atoms with Crippen molar-refractivity contribution < 1.29 is 19.4 Å². The minimum Gasteiger partial charge on any atom is -0.478 e. The quantitative estimate of drug-likeness (QED) is 0.714. The number of aromatic carboxylic acids is 1. The molecular formula is C9H11NO4. The first kappa shape index (κ1) is 10.3. The number of carboxylic acid groups (broad SMARTS) is 1. The molecule has 0 spiro atoms. The van der Waals surface area contributed by atoms with Crippen LogP contribution in [-0.4, -0.2) is 28.7 Å². The van der Waals surface area contributed by atoms with Gasteiger partial charge >= 0.3 is 11.9 Å². The van der Waals surface area contributed by atoms with Gasteiger partial charge in [0.25, 0.3) is 0 Å². The third-order valence-corrected chi connectivity index (χ3v) is 1.83. The number of ether oxygens (including phenoxy) is 1. The van der Waals surface area contributed by atoms with Crippen LogP contribution in [0.15, 0.2) is 12.4 Å². The van der Waals surface area contributed by atoms with Gasteiger partial charge in [0.15, 0.2) is 0 Å². The van der Waals surface area contributed by atoms with Gasteiger partial charge in [0, 0.05) is 19.4 Å². The number of rotatable bonds is 3. The van der Waals surface area contributed by atoms with Crippen LogP contribution in [0.3, 0.4) is 0 Å². The van der Waals surface area contributed by atoms with Crippen LogP contribution in [0.25, 0.3) is 0 Å². The molecule has 76 valence electrons. The molecule has 1 aromatic rings. The summed E-state index contributed by atoms with van der Waals surface area (Å²) in [6.45, 7) is 0. The van der Waals surface area contributed by atoms with E-state index >= 15 is 0 Å². The zero-order valence-corrected chi connectivity index (χ0v) is 7.98. The maximum absolute atomic E-state index is 10.9. The minimum absolute atomic E-state index is 0.0149. The first-order valence-electron chi connectivity index (χ1n) is 3.99. The molecule has 0 aliphatic heterocycles. The van der Waals surface area contributed by atoms with E-state index < -0.39 is 11.9 Å². The van der Waals surface area contributed by atoms with Gasteiger partial charge < -0.3 is 14.4 Å². The van der Waals surface area contributed by atoms with E-state index in [9.17, 15) is 9.59 Å². The number of aryl methyl sites for hydroxylation is 1. The van der Waals surface area contributed by atoms with Gasteiger partial charge in [0.1, 0.15) is 0 Å². The lowest BCUT2D eigenvalue weighted by Crippen LogP contribution is -2.07. The van der Waals surface area contributed by atoms with E-state index in [1.165, 1.54) is 13.3 Å². The molecule has 0 unspecified atom stereocenters. The Labute approximate surface area is 80.9 Å². The maximum Gasteiger partial charge on any atom is 0.337 e. The molecule has 0 aliphatic carbocycles. The van der Waals surface area contributed by atoms with Crippen molar-refractivity contribution in [1.82, 2.24) is 4.57 Å². The number of carbonyl (C=O) groups excluding carboxylic acids is 1. The highest BCUT2D eigenvalue weighted by Gasteiger charge is 2.15. The summed E-state index contributed by atoms with van der Waals surface area (Å²) in [7, 11) is 2.97. The van der Waals surface area contributed by atoms with Gasteiger partial charge in [-0.2, -0.15) is 0 Å². The highest BCUT2D eigenvalue weighted by molar-refractivity contribution is 5.90. The molecule has 0 saturated carbocycles. The van der Waals surface area contributed by atoms with E-state index in [2.05, 4.69) is 4.74 Å². The van der Waals surface area contributed by atoms with Crippen LogP contribution < -0.4 is 0 Å². The monoisotopic (exact) mass is 197 g/mol. The van der Waals surface area contributed by atoms with Gasteiger partial charge in [-0.3, -0.25) is 4.79 Å². The Bertz CT molecular complexity index is 367. The fraction of sp³-hybridized carbons (Fsp3) is 0.333. The SMILES string of the molecule is COC(=O)Cc1cn(C)cc1C(=O)O. The van der Waals surface area contributed by atoms with E-state index in [1.54, 1.807) is 17.8 Å². The fourth-order valence-electron chi connectivity index (χ4n) is 1.20. The van der Waals surface area contributed by atoms with Gasteiger partial charge in [-0.1, -0.05) is 0 Å². The molecule has 0 fully saturated rings. The van der Waals surface area contributed by atoms with Gasteiger partial charge in [0.2, 0.25) is 0 Å². The Morgan fingerprint density at radius 1 is 1.50 bits per heavy atom. The molecule has 0 bridgehead atoms. The summed E-state index contributed by atoms with van der Waals surface area (Å²) in [4.78, 5) is 21.7. The number of hydrogen-bond acceptors (Lipinski definition) is 3. The Morgan fingerprint density at radius 3 is 2.64 bits per heavy atom. The van der Waals surface area contributed by atoms with Crippen LogP contribution in [0, 0.1) is 0 Å². The lowest BCUT2D eigenvalue weighted by Gasteiger charge is -1.97. The van der Waals surface area contributed by atoms with Crippen molar-refractivity contribution in [3.05, 3.63) is 23.5 Å². The van der Waals surface area contributed by atoms with E-state index in [0.717, 1.165) is 0 Å². The number of hydrogen-bond donors (Lipinski definition) is 1. The third kappa shape index (κ3) is 2.12. The molecule has 0 aromatic carbocycles. The highest BCUT2D eigenvalue weighted by atomic mass is 16.5. The van der Waals surface area contributed by atoms with Crippen molar-refractivity contribution in [2.45, 2.75) is 6.42 Å². The van der Waals surface area contributed by atoms with Gasteiger partial charge in [0.05, 0.1) is 19.1 Å². The molecule has 5 nitrogen and oxygen atoms in total. The smallest absolute Gasteiger partial charge is 0.337 e. The molecular weight excluding hydrogens is 186 g/mol. The molecule has 0 atom stereocenters. The van der Waals surface area contributed by atoms with Crippen LogP contribution in [0.2, 0.25) is 0 Å². The predicted molar refractivity (Wildman–Crippen MR) is 48.1 cm³/mol. The number of carboxylic acids is 1. The molecule has 0 amide bonds. The molecule has 1 N–H and O–H groups in total. The lowest BCUT2D eigenvalue weighted by molar-refractivity contribution is -0.139. The first-order valence-corrected chi connectivity index (χ1v) is 3.99. The van der Waals surface area contributed by atoms with Crippen molar-refractivity contribution in [1.29, 1.82) is 0 Å². The fourth-order valence-corrected chi connectivity index (χ4v) is 1.20. The Hall–Kier alpha value is -1.78. The zero-order valence-electron chi connectivity index (χ0n) is 7.98. The molecule has 5 heteroatoms. The second kappa shape index (κ2) is 3.95. The van der Waals surface area contributed by atoms with Crippen LogP contribution in [0.4, 0.5) is 0 Å². The first-order chi connectivity index (χ1) is 6.54. The predicted octanol–water partition coefficient (Wildman–Crippen LogP) is 0.439. The van der Waals surface area contributed by atoms with Gasteiger partial charge in [-0.15, -0.1) is 0 Å². The minimum atomic E-state index is -1.04. The molecule has 0 saturated heterocycles. The average molecular weight is 197 g/mol. The summed E-state index contributed by atoms with van der Waals surface area (Å²) >= 11 is 0. The third-order valence-electron chi connectivity index (χ3n) is 1.83. The molecule has 0 aliphatic rings. The molecule has 1 heterocycles. The Balaban J connectivity index is 2.95. The van der Waals surface area contributed by atoms with Crippen molar-refractivity contribution in [2.75, 3.05) is 7.11 Å². The molecule has 14 heavy (non-hydrogen) atoms. The van der Waals surface area contributed by atoms with Crippen LogP contribution in [0.5, 0.6) is 0 Å². The van der Waals surface area contributed by atoms with Gasteiger partial charge in [-0.25, -0.2) is 4.79 Å². The Kier molecular flexibility index (Phi) is 2.91. The van der Waals surface area contributed by atoms with E-state index in [4.69, 9.17) is 5.11 Å². The standard InChI is InChI=1S/C9H11NO4/c1-10-4-6(3-8(11)14-2)7(5-10)9(12)13/h4-5H,3H2,1-2H3,(H,12,13). The summed E-state index contributed by atoms with van der Waals surface area (Å²) in [5, 5.41) is 8.80. The zero-order chi connectivity index (χ0) is 10.7. The van der Waals surface area contributed by atoms with E-state index in [-0.39, 0.29) is 12.0 Å². The lowest BCUT2D eigenvalue weighted by atomic mass is 10.1. The van der Waals surface area contributed by atoms with Crippen molar-refractivity contribution in [3.8, 4) is 0 Å². The maximum atomic E-state index is 10.9. The molecule has 0 radical (unpaired) electrons. The van der Waals surface area contributed by atoms with Crippen molar-refractivity contribution in [3.63, 3.8) is 0 Å². The summed E-state index contributed by atoms with van der Waals surface area (Å²) in [6, 6.07) is 0. The number of carbonyl (C=O) groups is 2. The van der Waals surface area contributed by atoms with E-state index in [1.807, 2.05) is 0 Å². The van der Waals surface area contributed by atoms with Crippen LogP contribution in [-0.2, 0) is 23.0 Å². The van der Waals surface area contributed by atoms with Gasteiger partial charge in [-0.05, 0) is 5.56 Å². The molecule has 1 aromatic heterocycles. The summed E-state index contributed by atoms with van der Waals surface area (Å²) in [5.41, 5.74) is 0.602. The van der Waals surface area contributed by atoms with Crippen LogP contribution in [0.1, 0.15) is 15.9 Å². The van der Waals surface area contributed by atoms with Crippen molar-refractivity contribution in [2.24, 2.45) is 7.05 Å².